The van der Waals surface area contributed by atoms with E-state index in [2.05, 4.69) is 10.1 Å². The molecule has 4 rings (SSSR count). The molecule has 0 radical (unpaired) electrons. The third-order valence-corrected chi connectivity index (χ3v) is 7.16. The molecular formula is C19H20ClN3O4S. The number of anilines is 1. The Kier molecular flexibility index (Phi) is 4.95. The van der Waals surface area contributed by atoms with Gasteiger partial charge in [0.15, 0.2) is 5.76 Å². The van der Waals surface area contributed by atoms with Crippen molar-refractivity contribution in [3.8, 4) is 11.5 Å². The summed E-state index contributed by atoms with van der Waals surface area (Å²) in [5, 5.41) is 4.30. The molecule has 0 spiro atoms. The monoisotopic (exact) mass is 421 g/mol. The number of rotatable bonds is 4. The topological polar surface area (TPSA) is 79.8 Å². The van der Waals surface area contributed by atoms with Crippen LogP contribution in [0.4, 0.5) is 5.69 Å². The molecule has 0 saturated carbocycles. The van der Waals surface area contributed by atoms with Crippen molar-refractivity contribution < 1.29 is 17.4 Å². The van der Waals surface area contributed by atoms with Gasteiger partial charge in [0.05, 0.1) is 6.20 Å². The average Bonchev–Trinajstić information content (AvgIpc) is 3.33. The maximum Gasteiger partial charge on any atom is 0.246 e. The molecule has 3 heterocycles. The van der Waals surface area contributed by atoms with Crippen LogP contribution in [0, 0.1) is 13.8 Å². The van der Waals surface area contributed by atoms with E-state index >= 15 is 0 Å². The van der Waals surface area contributed by atoms with Gasteiger partial charge in [-0.2, -0.15) is 4.31 Å². The zero-order valence-electron chi connectivity index (χ0n) is 15.6. The summed E-state index contributed by atoms with van der Waals surface area (Å²) in [6.45, 7) is 5.61. The summed E-state index contributed by atoms with van der Waals surface area (Å²) in [4.78, 5) is 2.32. The second-order valence-corrected chi connectivity index (χ2v) is 9.07. The summed E-state index contributed by atoms with van der Waals surface area (Å²) in [5.41, 5.74) is 2.15. The van der Waals surface area contributed by atoms with Crippen molar-refractivity contribution in [1.29, 1.82) is 0 Å². The maximum absolute atomic E-state index is 13.1. The molecule has 3 aromatic rings. The molecule has 0 bridgehead atoms. The van der Waals surface area contributed by atoms with E-state index < -0.39 is 10.0 Å². The van der Waals surface area contributed by atoms with E-state index in [1.54, 1.807) is 13.0 Å². The van der Waals surface area contributed by atoms with Crippen LogP contribution < -0.4 is 4.90 Å². The average molecular weight is 422 g/mol. The largest absolute Gasteiger partial charge is 0.457 e. The van der Waals surface area contributed by atoms with Crippen molar-refractivity contribution in [3.05, 3.63) is 52.9 Å². The second kappa shape index (κ2) is 7.27. The molecule has 28 heavy (non-hydrogen) atoms. The molecule has 0 amide bonds. The van der Waals surface area contributed by atoms with Gasteiger partial charge in [-0.1, -0.05) is 22.8 Å². The fourth-order valence-corrected chi connectivity index (χ4v) is 5.17. The Hall–Kier alpha value is -2.29. The first-order chi connectivity index (χ1) is 13.4. The van der Waals surface area contributed by atoms with Crippen molar-refractivity contribution >= 4 is 27.3 Å². The van der Waals surface area contributed by atoms with E-state index in [0.717, 1.165) is 11.3 Å². The summed E-state index contributed by atoms with van der Waals surface area (Å²) in [6.07, 6.45) is 1.48. The number of aryl methyl sites for hydroxylation is 2. The van der Waals surface area contributed by atoms with Gasteiger partial charge in [0, 0.05) is 49.0 Å². The van der Waals surface area contributed by atoms with Gasteiger partial charge in [-0.15, -0.1) is 0 Å². The number of nitrogens with zero attached hydrogens (tertiary/aromatic N) is 3. The molecule has 2 aromatic heterocycles. The molecule has 1 aliphatic rings. The lowest BCUT2D eigenvalue weighted by Gasteiger charge is -2.36. The molecule has 1 fully saturated rings. The maximum atomic E-state index is 13.1. The zero-order valence-corrected chi connectivity index (χ0v) is 17.1. The molecular weight excluding hydrogens is 402 g/mol. The molecule has 7 nitrogen and oxygen atoms in total. The van der Waals surface area contributed by atoms with Gasteiger partial charge in [0.1, 0.15) is 10.7 Å². The minimum absolute atomic E-state index is 0.159. The SMILES string of the molecule is Cc1ccc(Cl)cc1N1CCN(S(=O)(=O)c2cc(-c3ccno3)oc2C)CC1. The number of hydrogen-bond acceptors (Lipinski definition) is 6. The number of furan rings is 1. The summed E-state index contributed by atoms with van der Waals surface area (Å²) >= 11 is 6.12. The van der Waals surface area contributed by atoms with Crippen LogP contribution in [0.5, 0.6) is 0 Å². The number of piperazine rings is 1. The molecule has 0 N–H and O–H groups in total. The third-order valence-electron chi connectivity index (χ3n) is 4.92. The number of hydrogen-bond donors (Lipinski definition) is 0. The molecule has 9 heteroatoms. The molecule has 1 aliphatic heterocycles. The Bertz CT molecular complexity index is 1080. The van der Waals surface area contributed by atoms with Gasteiger partial charge in [-0.3, -0.25) is 0 Å². The van der Waals surface area contributed by atoms with Crippen LogP contribution in [0.1, 0.15) is 11.3 Å². The Morgan fingerprint density at radius 2 is 1.79 bits per heavy atom. The van der Waals surface area contributed by atoms with Crippen molar-refractivity contribution in [2.24, 2.45) is 0 Å². The predicted octanol–water partition coefficient (Wildman–Crippen LogP) is 3.72. The number of benzene rings is 1. The lowest BCUT2D eigenvalue weighted by molar-refractivity contribution is 0.383. The van der Waals surface area contributed by atoms with E-state index in [1.807, 2.05) is 25.1 Å². The number of aromatic nitrogens is 1. The standard InChI is InChI=1S/C19H20ClN3O4S/c1-13-3-4-15(20)11-16(13)22-7-9-23(10-8-22)28(24,25)19-12-18(26-14(19)2)17-5-6-21-27-17/h3-6,11-12H,7-10H2,1-2H3. The molecule has 0 unspecified atom stereocenters. The van der Waals surface area contributed by atoms with Gasteiger partial charge in [-0.05, 0) is 31.5 Å². The molecule has 1 saturated heterocycles. The molecule has 148 valence electrons. The van der Waals surface area contributed by atoms with Crippen molar-refractivity contribution in [1.82, 2.24) is 9.46 Å². The second-order valence-electron chi connectivity index (χ2n) is 6.73. The van der Waals surface area contributed by atoms with Crippen LogP contribution in [-0.2, 0) is 10.0 Å². The lowest BCUT2D eigenvalue weighted by atomic mass is 10.1. The molecule has 0 aliphatic carbocycles. The van der Waals surface area contributed by atoms with Crippen molar-refractivity contribution in [2.45, 2.75) is 18.7 Å². The zero-order chi connectivity index (χ0) is 19.9. The van der Waals surface area contributed by atoms with Crippen LogP contribution in [0.15, 0.2) is 50.4 Å². The van der Waals surface area contributed by atoms with Crippen molar-refractivity contribution in [3.63, 3.8) is 0 Å². The van der Waals surface area contributed by atoms with Crippen LogP contribution in [0.2, 0.25) is 5.02 Å². The Morgan fingerprint density at radius 1 is 1.04 bits per heavy atom. The fraction of sp³-hybridized carbons (Fsp3) is 0.316. The fourth-order valence-electron chi connectivity index (χ4n) is 3.42. The van der Waals surface area contributed by atoms with Gasteiger partial charge in [0.25, 0.3) is 0 Å². The summed E-state index contributed by atoms with van der Waals surface area (Å²) < 4.78 is 38.4. The van der Waals surface area contributed by atoms with Crippen LogP contribution in [-0.4, -0.2) is 44.1 Å². The highest BCUT2D eigenvalue weighted by Crippen LogP contribution is 2.31. The van der Waals surface area contributed by atoms with Crippen LogP contribution in [0.25, 0.3) is 11.5 Å². The smallest absolute Gasteiger partial charge is 0.246 e. The summed E-state index contributed by atoms with van der Waals surface area (Å²) in [7, 11) is -3.66. The Labute approximate surface area is 168 Å². The van der Waals surface area contributed by atoms with E-state index in [9.17, 15) is 8.42 Å². The first-order valence-electron chi connectivity index (χ1n) is 8.89. The minimum atomic E-state index is -3.66. The van der Waals surface area contributed by atoms with Gasteiger partial charge in [-0.25, -0.2) is 8.42 Å². The lowest BCUT2D eigenvalue weighted by Crippen LogP contribution is -2.48. The number of halogens is 1. The van der Waals surface area contributed by atoms with E-state index in [-0.39, 0.29) is 4.90 Å². The summed E-state index contributed by atoms with van der Waals surface area (Å²) in [6, 6.07) is 8.87. The van der Waals surface area contributed by atoms with Crippen LogP contribution in [0.3, 0.4) is 0 Å². The highest BCUT2D eigenvalue weighted by molar-refractivity contribution is 7.89. The van der Waals surface area contributed by atoms with E-state index in [0.29, 0.717) is 48.5 Å². The Morgan fingerprint density at radius 3 is 2.46 bits per heavy atom. The summed E-state index contributed by atoms with van der Waals surface area (Å²) in [5.74, 6) is 1.08. The van der Waals surface area contributed by atoms with Gasteiger partial charge < -0.3 is 13.8 Å². The van der Waals surface area contributed by atoms with E-state index in [1.165, 1.54) is 16.6 Å². The van der Waals surface area contributed by atoms with Gasteiger partial charge in [0.2, 0.25) is 15.8 Å². The van der Waals surface area contributed by atoms with Crippen molar-refractivity contribution in [2.75, 3.05) is 31.1 Å². The van der Waals surface area contributed by atoms with E-state index in [4.69, 9.17) is 20.5 Å². The molecule has 1 aromatic carbocycles. The Balaban J connectivity index is 1.53. The highest BCUT2D eigenvalue weighted by Gasteiger charge is 2.32. The first kappa shape index (κ1) is 19.0. The third kappa shape index (κ3) is 3.43. The predicted molar refractivity (Wildman–Crippen MR) is 106 cm³/mol. The number of sulfonamides is 1. The quantitative estimate of drug-likeness (QED) is 0.638. The molecule has 0 atom stereocenters. The highest BCUT2D eigenvalue weighted by atomic mass is 35.5. The minimum Gasteiger partial charge on any atom is -0.457 e. The van der Waals surface area contributed by atoms with Gasteiger partial charge >= 0.3 is 0 Å². The normalized spacial score (nSPS) is 15.9. The van der Waals surface area contributed by atoms with Crippen LogP contribution >= 0.6 is 11.6 Å². The first-order valence-corrected chi connectivity index (χ1v) is 10.7.